The molecule has 1 heterocycles. The van der Waals surface area contributed by atoms with Gasteiger partial charge in [0.1, 0.15) is 0 Å². The molecule has 1 aromatic heterocycles. The minimum Gasteiger partial charge on any atom is -0.255 e. The van der Waals surface area contributed by atoms with E-state index in [0.717, 1.165) is 22.8 Å². The van der Waals surface area contributed by atoms with Gasteiger partial charge in [0.05, 0.1) is 5.69 Å². The van der Waals surface area contributed by atoms with Gasteiger partial charge in [-0.05, 0) is 36.2 Å². The van der Waals surface area contributed by atoms with Crippen molar-refractivity contribution >= 4 is 0 Å². The molecular formula is C18H13F2N. The molecule has 0 fully saturated rings. The van der Waals surface area contributed by atoms with Gasteiger partial charge in [0.25, 0.3) is 0 Å². The molecule has 0 aliphatic rings. The molecule has 3 heteroatoms. The van der Waals surface area contributed by atoms with Crippen LogP contribution >= 0.6 is 0 Å². The molecule has 0 amide bonds. The average molecular weight is 281 g/mol. The van der Waals surface area contributed by atoms with Gasteiger partial charge in [0.2, 0.25) is 0 Å². The Morgan fingerprint density at radius 3 is 2.33 bits per heavy atom. The lowest BCUT2D eigenvalue weighted by atomic mass is 10.0. The van der Waals surface area contributed by atoms with E-state index < -0.39 is 11.6 Å². The van der Waals surface area contributed by atoms with Gasteiger partial charge in [-0.25, -0.2) is 8.78 Å². The van der Waals surface area contributed by atoms with Crippen molar-refractivity contribution in [3.63, 3.8) is 0 Å². The van der Waals surface area contributed by atoms with Gasteiger partial charge in [-0.15, -0.1) is 0 Å². The highest BCUT2D eigenvalue weighted by Crippen LogP contribution is 2.28. The van der Waals surface area contributed by atoms with Gasteiger partial charge in [0, 0.05) is 17.3 Å². The summed E-state index contributed by atoms with van der Waals surface area (Å²) in [6.45, 7) is 1.94. The Bertz CT molecular complexity index is 782. The Hall–Kier alpha value is -2.55. The molecule has 21 heavy (non-hydrogen) atoms. The predicted molar refractivity (Wildman–Crippen MR) is 79.8 cm³/mol. The number of rotatable bonds is 2. The Labute approximate surface area is 121 Å². The second-order valence-electron chi connectivity index (χ2n) is 4.85. The van der Waals surface area contributed by atoms with Crippen LogP contribution in [0.1, 0.15) is 5.56 Å². The first-order valence-electron chi connectivity index (χ1n) is 6.63. The van der Waals surface area contributed by atoms with Gasteiger partial charge in [-0.3, -0.25) is 4.98 Å². The van der Waals surface area contributed by atoms with Crippen LogP contribution in [0.25, 0.3) is 22.4 Å². The van der Waals surface area contributed by atoms with Crippen LogP contribution in [-0.2, 0) is 0 Å². The minimum absolute atomic E-state index is 0.178. The normalized spacial score (nSPS) is 10.6. The molecular weight excluding hydrogens is 268 g/mol. The molecule has 0 unspecified atom stereocenters. The summed E-state index contributed by atoms with van der Waals surface area (Å²) in [6.07, 6.45) is 1.70. The molecule has 0 saturated heterocycles. The monoisotopic (exact) mass is 281 g/mol. The number of halogens is 2. The van der Waals surface area contributed by atoms with Gasteiger partial charge >= 0.3 is 0 Å². The number of aryl methyl sites for hydroxylation is 1. The van der Waals surface area contributed by atoms with Crippen LogP contribution in [0.4, 0.5) is 8.78 Å². The molecule has 0 radical (unpaired) electrons. The molecule has 0 aliphatic carbocycles. The zero-order valence-electron chi connectivity index (χ0n) is 11.5. The maximum absolute atomic E-state index is 13.8. The molecule has 104 valence electrons. The quantitative estimate of drug-likeness (QED) is 0.644. The highest BCUT2D eigenvalue weighted by Gasteiger charge is 2.12. The molecule has 0 N–H and O–H groups in total. The lowest BCUT2D eigenvalue weighted by molar-refractivity contribution is 0.511. The highest BCUT2D eigenvalue weighted by atomic mass is 19.2. The van der Waals surface area contributed by atoms with Crippen LogP contribution in [-0.4, -0.2) is 4.98 Å². The molecule has 3 rings (SSSR count). The fourth-order valence-electron chi connectivity index (χ4n) is 2.32. The Kier molecular flexibility index (Phi) is 3.48. The van der Waals surface area contributed by atoms with Crippen molar-refractivity contribution in [3.05, 3.63) is 78.0 Å². The number of nitrogens with zero attached hydrogens (tertiary/aromatic N) is 1. The molecule has 0 saturated carbocycles. The maximum atomic E-state index is 13.8. The van der Waals surface area contributed by atoms with Crippen LogP contribution in [0.2, 0.25) is 0 Å². The summed E-state index contributed by atoms with van der Waals surface area (Å²) < 4.78 is 27.1. The van der Waals surface area contributed by atoms with Crippen molar-refractivity contribution in [2.45, 2.75) is 6.92 Å². The van der Waals surface area contributed by atoms with Crippen LogP contribution in [0, 0.1) is 18.6 Å². The van der Waals surface area contributed by atoms with Crippen LogP contribution in [0.15, 0.2) is 60.8 Å². The topological polar surface area (TPSA) is 12.9 Å². The molecule has 3 aromatic rings. The number of aromatic nitrogens is 1. The molecule has 0 bridgehead atoms. The standard InChI is InChI=1S/C18H13F2N/c1-12-10-17(14-8-5-9-16(19)18(14)20)21-11-15(12)13-6-3-2-4-7-13/h2-11H,1H3. The number of hydrogen-bond acceptors (Lipinski definition) is 1. The van der Waals surface area contributed by atoms with E-state index in [-0.39, 0.29) is 5.56 Å². The second kappa shape index (κ2) is 5.44. The van der Waals surface area contributed by atoms with Crippen molar-refractivity contribution < 1.29 is 8.78 Å². The third kappa shape index (κ3) is 2.55. The molecule has 1 nitrogen and oxygen atoms in total. The first-order chi connectivity index (χ1) is 10.2. The zero-order valence-corrected chi connectivity index (χ0v) is 11.5. The Balaban J connectivity index is 2.08. The number of benzene rings is 2. The lowest BCUT2D eigenvalue weighted by Crippen LogP contribution is -1.94. The van der Waals surface area contributed by atoms with Gasteiger partial charge in [0.15, 0.2) is 11.6 Å². The lowest BCUT2D eigenvalue weighted by Gasteiger charge is -2.09. The van der Waals surface area contributed by atoms with E-state index >= 15 is 0 Å². The van der Waals surface area contributed by atoms with E-state index in [1.807, 2.05) is 37.3 Å². The SMILES string of the molecule is Cc1cc(-c2cccc(F)c2F)ncc1-c1ccccc1. The molecule has 0 spiro atoms. The Morgan fingerprint density at radius 1 is 0.857 bits per heavy atom. The third-order valence-corrected chi connectivity index (χ3v) is 3.42. The fraction of sp³-hybridized carbons (Fsp3) is 0.0556. The van der Waals surface area contributed by atoms with Crippen molar-refractivity contribution in [1.82, 2.24) is 4.98 Å². The molecule has 2 aromatic carbocycles. The first kappa shape index (κ1) is 13.4. The first-order valence-corrected chi connectivity index (χ1v) is 6.63. The van der Waals surface area contributed by atoms with Gasteiger partial charge < -0.3 is 0 Å². The third-order valence-electron chi connectivity index (χ3n) is 3.42. The summed E-state index contributed by atoms with van der Waals surface area (Å²) in [5.74, 6) is -1.73. The minimum atomic E-state index is -0.864. The van der Waals surface area contributed by atoms with E-state index in [1.54, 1.807) is 12.3 Å². The number of hydrogen-bond donors (Lipinski definition) is 0. The summed E-state index contributed by atoms with van der Waals surface area (Å²) in [6, 6.07) is 15.7. The van der Waals surface area contributed by atoms with Gasteiger partial charge in [-0.2, -0.15) is 0 Å². The maximum Gasteiger partial charge on any atom is 0.168 e. The van der Waals surface area contributed by atoms with Crippen LogP contribution in [0.3, 0.4) is 0 Å². The van der Waals surface area contributed by atoms with E-state index in [2.05, 4.69) is 4.98 Å². The number of pyridine rings is 1. The zero-order chi connectivity index (χ0) is 14.8. The van der Waals surface area contributed by atoms with Crippen molar-refractivity contribution in [2.24, 2.45) is 0 Å². The van der Waals surface area contributed by atoms with Crippen molar-refractivity contribution in [3.8, 4) is 22.4 Å². The highest BCUT2D eigenvalue weighted by molar-refractivity contribution is 5.70. The van der Waals surface area contributed by atoms with Gasteiger partial charge in [-0.1, -0.05) is 36.4 Å². The van der Waals surface area contributed by atoms with E-state index in [1.165, 1.54) is 12.1 Å². The average Bonchev–Trinajstić information content (AvgIpc) is 2.51. The predicted octanol–water partition coefficient (Wildman–Crippen LogP) is 5.00. The summed E-state index contributed by atoms with van der Waals surface area (Å²) in [4.78, 5) is 4.28. The van der Waals surface area contributed by atoms with E-state index in [4.69, 9.17) is 0 Å². The summed E-state index contributed by atoms with van der Waals surface area (Å²) in [5, 5.41) is 0. The Morgan fingerprint density at radius 2 is 1.62 bits per heavy atom. The molecule has 0 aliphatic heterocycles. The van der Waals surface area contributed by atoms with Crippen molar-refractivity contribution in [1.29, 1.82) is 0 Å². The second-order valence-corrected chi connectivity index (χ2v) is 4.85. The summed E-state index contributed by atoms with van der Waals surface area (Å²) in [5.41, 5.74) is 3.61. The van der Waals surface area contributed by atoms with E-state index in [0.29, 0.717) is 5.69 Å². The summed E-state index contributed by atoms with van der Waals surface area (Å²) >= 11 is 0. The molecule has 0 atom stereocenters. The van der Waals surface area contributed by atoms with Crippen molar-refractivity contribution in [2.75, 3.05) is 0 Å². The largest absolute Gasteiger partial charge is 0.255 e. The smallest absolute Gasteiger partial charge is 0.168 e. The fourth-order valence-corrected chi connectivity index (χ4v) is 2.32. The summed E-state index contributed by atoms with van der Waals surface area (Å²) in [7, 11) is 0. The van der Waals surface area contributed by atoms with Crippen LogP contribution < -0.4 is 0 Å². The van der Waals surface area contributed by atoms with Crippen LogP contribution in [0.5, 0.6) is 0 Å². The van der Waals surface area contributed by atoms with E-state index in [9.17, 15) is 8.78 Å².